The summed E-state index contributed by atoms with van der Waals surface area (Å²) in [6.45, 7) is 1.77. The van der Waals surface area contributed by atoms with Crippen molar-refractivity contribution in [3.63, 3.8) is 0 Å². The lowest BCUT2D eigenvalue weighted by Crippen LogP contribution is -2.07. The van der Waals surface area contributed by atoms with Gasteiger partial charge in [-0.25, -0.2) is 4.39 Å². The predicted octanol–water partition coefficient (Wildman–Crippen LogP) is 2.47. The van der Waals surface area contributed by atoms with Gasteiger partial charge in [-0.05, 0) is 18.6 Å². The number of rotatable bonds is 1. The van der Waals surface area contributed by atoms with E-state index in [0.29, 0.717) is 11.1 Å². The number of nitrogens with one attached hydrogen (secondary N) is 1. The topological polar surface area (TPSA) is 20.7 Å². The van der Waals surface area contributed by atoms with Crippen molar-refractivity contribution in [3.8, 4) is 11.3 Å². The summed E-state index contributed by atoms with van der Waals surface area (Å²) in [7, 11) is 1.86. The maximum absolute atomic E-state index is 13.6. The lowest BCUT2D eigenvalue weighted by Gasteiger charge is -2.14. The molecular formula is C10H11FN2. The molecule has 0 fully saturated rings. The molecular weight excluding hydrogens is 167 g/mol. The van der Waals surface area contributed by atoms with E-state index in [1.165, 1.54) is 0 Å². The van der Waals surface area contributed by atoms with Crippen molar-refractivity contribution in [3.05, 3.63) is 35.8 Å². The number of benzene rings is 1. The van der Waals surface area contributed by atoms with E-state index in [1.807, 2.05) is 13.1 Å². The highest BCUT2D eigenvalue weighted by Gasteiger charge is 2.10. The maximum atomic E-state index is 13.6. The number of hydrogen-bond acceptors (Lipinski definition) is 0. The Morgan fingerprint density at radius 2 is 2.15 bits per heavy atom. The zero-order chi connectivity index (χ0) is 9.42. The first-order valence-corrected chi connectivity index (χ1v) is 4.15. The largest absolute Gasteiger partial charge is 0.304 e. The minimum atomic E-state index is -0.137. The Balaban J connectivity index is 2.56. The summed E-state index contributed by atoms with van der Waals surface area (Å²) in [5.74, 6) is -0.137. The molecule has 0 unspecified atom stereocenters. The van der Waals surface area contributed by atoms with Crippen molar-refractivity contribution >= 4 is 0 Å². The summed E-state index contributed by atoms with van der Waals surface area (Å²) in [4.78, 5) is 0. The molecule has 0 aliphatic carbocycles. The van der Waals surface area contributed by atoms with E-state index < -0.39 is 0 Å². The van der Waals surface area contributed by atoms with Gasteiger partial charge in [-0.2, -0.15) is 0 Å². The number of halogens is 1. The molecule has 0 saturated carbocycles. The summed E-state index contributed by atoms with van der Waals surface area (Å²) in [6, 6.07) is 5.41. The van der Waals surface area contributed by atoms with Gasteiger partial charge in [-0.1, -0.05) is 12.1 Å². The summed E-state index contributed by atoms with van der Waals surface area (Å²) < 4.78 is 15.3. The minimum absolute atomic E-state index is 0.137. The van der Waals surface area contributed by atoms with Crippen LogP contribution in [-0.4, -0.2) is 9.78 Å². The molecule has 0 spiro atoms. The molecule has 2 nitrogen and oxygen atoms in total. The van der Waals surface area contributed by atoms with Crippen molar-refractivity contribution in [1.82, 2.24) is 9.78 Å². The normalized spacial score (nSPS) is 10.7. The average molecular weight is 178 g/mol. The molecule has 0 atom stereocenters. The smallest absolute Gasteiger partial charge is 0.135 e. The minimum Gasteiger partial charge on any atom is -0.304 e. The van der Waals surface area contributed by atoms with Gasteiger partial charge in [0.1, 0.15) is 5.82 Å². The predicted molar refractivity (Wildman–Crippen MR) is 49.9 cm³/mol. The molecule has 0 aliphatic rings. The van der Waals surface area contributed by atoms with Gasteiger partial charge in [0, 0.05) is 18.8 Å². The van der Waals surface area contributed by atoms with Crippen LogP contribution >= 0.6 is 0 Å². The summed E-state index contributed by atoms with van der Waals surface area (Å²) in [6.07, 6.45) is 1.79. The molecule has 0 radical (unpaired) electrons. The second kappa shape index (κ2) is 2.76. The molecule has 2 rings (SSSR count). The molecule has 2 aromatic rings. The fraction of sp³-hybridized carbons (Fsp3) is 0.200. The zero-order valence-electron chi connectivity index (χ0n) is 7.63. The highest BCUT2D eigenvalue weighted by atomic mass is 19.1. The van der Waals surface area contributed by atoms with Gasteiger partial charge in [0.15, 0.2) is 0 Å². The highest BCUT2D eigenvalue weighted by molar-refractivity contribution is 5.61. The second-order valence-electron chi connectivity index (χ2n) is 3.15. The Bertz CT molecular complexity index is 426. The molecule has 13 heavy (non-hydrogen) atoms. The molecule has 0 amide bonds. The van der Waals surface area contributed by atoms with Gasteiger partial charge in [-0.3, -0.25) is 4.68 Å². The molecule has 0 aliphatic heterocycles. The van der Waals surface area contributed by atoms with E-state index in [2.05, 4.69) is 5.10 Å². The van der Waals surface area contributed by atoms with E-state index >= 15 is 0 Å². The quantitative estimate of drug-likeness (QED) is 0.692. The van der Waals surface area contributed by atoms with E-state index in [9.17, 15) is 4.39 Å². The molecule has 1 aromatic heterocycles. The summed E-state index contributed by atoms with van der Waals surface area (Å²) in [5.41, 5.74) is 2.22. The first kappa shape index (κ1) is 8.10. The lowest BCUT2D eigenvalue weighted by molar-refractivity contribution is 0.613. The van der Waals surface area contributed by atoms with Gasteiger partial charge < -0.3 is 5.10 Å². The maximum Gasteiger partial charge on any atom is 0.135 e. The van der Waals surface area contributed by atoms with Gasteiger partial charge in [-0.15, -0.1) is 0 Å². The van der Waals surface area contributed by atoms with Gasteiger partial charge in [0.2, 0.25) is 0 Å². The standard InChI is InChI=1S/C10H11FN2/c1-7-4-3-5-8(10(7)11)9-6-12-13(9)2/h3-6,12H,1-2H3. The van der Waals surface area contributed by atoms with Crippen LogP contribution in [0.5, 0.6) is 0 Å². The molecule has 0 bridgehead atoms. The number of hydrogen-bond donors (Lipinski definition) is 1. The molecule has 1 heterocycles. The van der Waals surface area contributed by atoms with Crippen LogP contribution in [0.2, 0.25) is 0 Å². The number of aryl methyl sites for hydroxylation is 2. The SMILES string of the molecule is Cc1cccc(-c2c[nH]n2C)c1F. The van der Waals surface area contributed by atoms with Crippen molar-refractivity contribution in [2.75, 3.05) is 0 Å². The summed E-state index contributed by atoms with van der Waals surface area (Å²) >= 11 is 0. The van der Waals surface area contributed by atoms with E-state index in [0.717, 1.165) is 5.69 Å². The Morgan fingerprint density at radius 3 is 2.69 bits per heavy atom. The van der Waals surface area contributed by atoms with Crippen LogP contribution in [0.15, 0.2) is 24.4 Å². The van der Waals surface area contributed by atoms with Crippen LogP contribution < -0.4 is 0 Å². The average Bonchev–Trinajstić information content (AvgIpc) is 2.10. The Morgan fingerprint density at radius 1 is 1.38 bits per heavy atom. The van der Waals surface area contributed by atoms with Crippen LogP contribution in [0.3, 0.4) is 0 Å². The first-order chi connectivity index (χ1) is 6.20. The number of nitrogens with zero attached hydrogens (tertiary/aromatic N) is 1. The van der Waals surface area contributed by atoms with Crippen molar-refractivity contribution in [2.45, 2.75) is 6.92 Å². The third-order valence-electron chi connectivity index (χ3n) is 2.22. The first-order valence-electron chi connectivity index (χ1n) is 4.15. The number of aromatic nitrogens is 2. The van der Waals surface area contributed by atoms with Gasteiger partial charge in [0.05, 0.1) is 5.69 Å². The van der Waals surface area contributed by atoms with E-state index in [1.54, 1.807) is 29.9 Å². The number of H-pyrrole nitrogens is 1. The van der Waals surface area contributed by atoms with Crippen LogP contribution in [0.4, 0.5) is 4.39 Å². The monoisotopic (exact) mass is 178 g/mol. The van der Waals surface area contributed by atoms with Gasteiger partial charge >= 0.3 is 0 Å². The van der Waals surface area contributed by atoms with Crippen molar-refractivity contribution < 1.29 is 4.39 Å². The van der Waals surface area contributed by atoms with Gasteiger partial charge in [0.25, 0.3) is 0 Å². The Hall–Kier alpha value is -1.51. The zero-order valence-corrected chi connectivity index (χ0v) is 7.63. The third kappa shape index (κ3) is 1.16. The number of aromatic amines is 1. The molecule has 68 valence electrons. The molecule has 1 N–H and O–H groups in total. The lowest BCUT2D eigenvalue weighted by atomic mass is 10.1. The molecule has 0 saturated heterocycles. The van der Waals surface area contributed by atoms with E-state index in [-0.39, 0.29) is 5.82 Å². The van der Waals surface area contributed by atoms with Crippen LogP contribution in [0.25, 0.3) is 11.3 Å². The van der Waals surface area contributed by atoms with Crippen LogP contribution in [0.1, 0.15) is 5.56 Å². The Labute approximate surface area is 76.0 Å². The van der Waals surface area contributed by atoms with Crippen molar-refractivity contribution in [2.24, 2.45) is 7.05 Å². The third-order valence-corrected chi connectivity index (χ3v) is 2.22. The fourth-order valence-electron chi connectivity index (χ4n) is 1.36. The van der Waals surface area contributed by atoms with Crippen molar-refractivity contribution in [1.29, 1.82) is 0 Å². The second-order valence-corrected chi connectivity index (χ2v) is 3.15. The van der Waals surface area contributed by atoms with E-state index in [4.69, 9.17) is 0 Å². The van der Waals surface area contributed by atoms with Crippen LogP contribution in [-0.2, 0) is 7.05 Å². The van der Waals surface area contributed by atoms with Crippen LogP contribution in [0, 0.1) is 12.7 Å². The fourth-order valence-corrected chi connectivity index (χ4v) is 1.36. The summed E-state index contributed by atoms with van der Waals surface area (Å²) in [5, 5.41) is 2.91. The Kier molecular flexibility index (Phi) is 1.72. The molecule has 3 heteroatoms. The molecule has 1 aromatic carbocycles. The highest BCUT2D eigenvalue weighted by Crippen LogP contribution is 2.24.